The fraction of sp³-hybridized carbons (Fsp3) is 0.167. The number of nitrogens with one attached hydrogen (secondary N) is 1. The van der Waals surface area contributed by atoms with Crippen LogP contribution < -0.4 is 10.5 Å². The lowest BCUT2D eigenvalue weighted by Crippen LogP contribution is -2.32. The molecule has 0 amide bonds. The first-order valence-electron chi connectivity index (χ1n) is 7.38. The van der Waals surface area contributed by atoms with Gasteiger partial charge in [0.1, 0.15) is 18.4 Å². The summed E-state index contributed by atoms with van der Waals surface area (Å²) in [6.45, 7) is 0.504. The third kappa shape index (κ3) is 3.52. The van der Waals surface area contributed by atoms with Gasteiger partial charge in [-0.2, -0.15) is 0 Å². The quantitative estimate of drug-likeness (QED) is 0.653. The molecule has 118 valence electrons. The van der Waals surface area contributed by atoms with Crippen molar-refractivity contribution in [3.05, 3.63) is 65.9 Å². The van der Waals surface area contributed by atoms with Gasteiger partial charge in [-0.1, -0.05) is 30.3 Å². The number of hydrogen-bond donors (Lipinski definition) is 3. The van der Waals surface area contributed by atoms with Crippen LogP contribution in [0.5, 0.6) is 5.75 Å². The normalized spacial score (nSPS) is 12.2. The Kier molecular flexibility index (Phi) is 4.30. The molecule has 23 heavy (non-hydrogen) atoms. The van der Waals surface area contributed by atoms with E-state index in [0.29, 0.717) is 13.0 Å². The fourth-order valence-corrected chi connectivity index (χ4v) is 2.49. The molecule has 5 heteroatoms. The van der Waals surface area contributed by atoms with E-state index < -0.39 is 12.0 Å². The molecule has 4 N–H and O–H groups in total. The summed E-state index contributed by atoms with van der Waals surface area (Å²) in [6, 6.07) is 14.8. The monoisotopic (exact) mass is 310 g/mol. The summed E-state index contributed by atoms with van der Waals surface area (Å²) in [5.74, 6) is -0.237. The van der Waals surface area contributed by atoms with Gasteiger partial charge in [-0.3, -0.25) is 4.79 Å². The van der Waals surface area contributed by atoms with Crippen molar-refractivity contribution in [1.82, 2.24) is 4.98 Å². The third-order valence-corrected chi connectivity index (χ3v) is 3.74. The minimum absolute atomic E-state index is 0.291. The average molecular weight is 310 g/mol. The van der Waals surface area contributed by atoms with Crippen molar-refractivity contribution in [2.24, 2.45) is 5.73 Å². The van der Waals surface area contributed by atoms with Crippen LogP contribution in [0.15, 0.2) is 54.7 Å². The Morgan fingerprint density at radius 3 is 2.74 bits per heavy atom. The van der Waals surface area contributed by atoms with Crippen molar-refractivity contribution < 1.29 is 14.6 Å². The fourth-order valence-electron chi connectivity index (χ4n) is 2.49. The van der Waals surface area contributed by atoms with Crippen molar-refractivity contribution in [2.45, 2.75) is 19.1 Å². The Balaban J connectivity index is 1.74. The van der Waals surface area contributed by atoms with E-state index in [1.54, 1.807) is 6.20 Å². The number of H-pyrrole nitrogens is 1. The second-order valence-corrected chi connectivity index (χ2v) is 5.44. The summed E-state index contributed by atoms with van der Waals surface area (Å²) < 4.78 is 5.79. The first kappa shape index (κ1) is 15.1. The van der Waals surface area contributed by atoms with Crippen molar-refractivity contribution >= 4 is 16.9 Å². The number of nitrogens with two attached hydrogens (primary N) is 1. The van der Waals surface area contributed by atoms with Crippen molar-refractivity contribution in [3.8, 4) is 5.75 Å². The topological polar surface area (TPSA) is 88.3 Å². The van der Waals surface area contributed by atoms with Gasteiger partial charge in [-0.15, -0.1) is 0 Å². The number of carboxylic acids is 1. The highest BCUT2D eigenvalue weighted by atomic mass is 16.5. The highest BCUT2D eigenvalue weighted by Crippen LogP contribution is 2.24. The molecule has 0 saturated carbocycles. The number of carboxylic acid groups (broad SMARTS) is 1. The molecular weight excluding hydrogens is 292 g/mol. The molecule has 1 heterocycles. The number of rotatable bonds is 6. The molecule has 0 aliphatic rings. The average Bonchev–Trinajstić information content (AvgIpc) is 2.96. The van der Waals surface area contributed by atoms with Gasteiger partial charge in [0.05, 0.1) is 0 Å². The first-order valence-corrected chi connectivity index (χ1v) is 7.38. The summed E-state index contributed by atoms with van der Waals surface area (Å²) in [5, 5.41) is 9.89. The van der Waals surface area contributed by atoms with Gasteiger partial charge in [-0.05, 0) is 23.3 Å². The van der Waals surface area contributed by atoms with Gasteiger partial charge >= 0.3 is 5.97 Å². The van der Waals surface area contributed by atoms with Crippen LogP contribution in [0.4, 0.5) is 0 Å². The number of aliphatic carboxylic acids is 1. The highest BCUT2D eigenvalue weighted by molar-refractivity contribution is 5.85. The van der Waals surface area contributed by atoms with Crippen LogP contribution in [0, 0.1) is 0 Å². The lowest BCUT2D eigenvalue weighted by molar-refractivity contribution is -0.138. The second-order valence-electron chi connectivity index (χ2n) is 5.44. The van der Waals surface area contributed by atoms with Crippen LogP contribution in [0.1, 0.15) is 11.1 Å². The van der Waals surface area contributed by atoms with E-state index in [9.17, 15) is 4.79 Å². The van der Waals surface area contributed by atoms with E-state index in [4.69, 9.17) is 15.6 Å². The molecule has 0 fully saturated rings. The molecule has 0 unspecified atom stereocenters. The number of aromatic nitrogens is 1. The van der Waals surface area contributed by atoms with Gasteiger partial charge in [0.25, 0.3) is 0 Å². The minimum Gasteiger partial charge on any atom is -0.489 e. The van der Waals surface area contributed by atoms with Crippen LogP contribution in [0.25, 0.3) is 10.9 Å². The molecule has 0 spiro atoms. The zero-order valence-electron chi connectivity index (χ0n) is 12.5. The van der Waals surface area contributed by atoms with Crippen molar-refractivity contribution in [1.29, 1.82) is 0 Å². The van der Waals surface area contributed by atoms with E-state index in [1.807, 2.05) is 48.5 Å². The summed E-state index contributed by atoms with van der Waals surface area (Å²) in [5.41, 5.74) is 8.51. The zero-order chi connectivity index (χ0) is 16.2. The predicted molar refractivity (Wildman–Crippen MR) is 88.4 cm³/mol. The zero-order valence-corrected chi connectivity index (χ0v) is 12.5. The van der Waals surface area contributed by atoms with E-state index in [1.165, 1.54) is 0 Å². The van der Waals surface area contributed by atoms with Gasteiger partial charge in [0, 0.05) is 29.6 Å². The largest absolute Gasteiger partial charge is 0.489 e. The van der Waals surface area contributed by atoms with Crippen LogP contribution in [-0.4, -0.2) is 22.1 Å². The lowest BCUT2D eigenvalue weighted by Gasteiger charge is -2.07. The molecule has 0 aliphatic carbocycles. The molecule has 0 aliphatic heterocycles. The predicted octanol–water partition coefficient (Wildman–Crippen LogP) is 2.70. The third-order valence-electron chi connectivity index (χ3n) is 3.74. The number of ether oxygens (including phenoxy) is 1. The summed E-state index contributed by atoms with van der Waals surface area (Å²) in [6.07, 6.45) is 2.09. The number of carbonyl (C=O) groups is 1. The molecule has 0 saturated heterocycles. The van der Waals surface area contributed by atoms with Gasteiger partial charge in [-0.25, -0.2) is 0 Å². The van der Waals surface area contributed by atoms with Crippen molar-refractivity contribution in [2.75, 3.05) is 0 Å². The number of benzene rings is 2. The van der Waals surface area contributed by atoms with Crippen LogP contribution in [-0.2, 0) is 17.8 Å². The molecule has 2 aromatic carbocycles. The molecule has 5 nitrogen and oxygen atoms in total. The van der Waals surface area contributed by atoms with Crippen molar-refractivity contribution in [3.63, 3.8) is 0 Å². The Hall–Kier alpha value is -2.79. The van der Waals surface area contributed by atoms with Crippen LogP contribution in [0.3, 0.4) is 0 Å². The van der Waals surface area contributed by atoms with E-state index in [0.717, 1.165) is 27.8 Å². The maximum atomic E-state index is 10.9. The smallest absolute Gasteiger partial charge is 0.320 e. The Bertz CT molecular complexity index is 812. The number of hydrogen-bond acceptors (Lipinski definition) is 3. The molecule has 1 aromatic heterocycles. The molecular formula is C18H18N2O3. The lowest BCUT2D eigenvalue weighted by atomic mass is 10.1. The second kappa shape index (κ2) is 6.54. The highest BCUT2D eigenvalue weighted by Gasteiger charge is 2.15. The maximum Gasteiger partial charge on any atom is 0.320 e. The first-order chi connectivity index (χ1) is 11.1. The summed E-state index contributed by atoms with van der Waals surface area (Å²) in [4.78, 5) is 14.0. The Morgan fingerprint density at radius 1 is 1.22 bits per heavy atom. The molecule has 3 rings (SSSR count). The van der Waals surface area contributed by atoms with Gasteiger partial charge in [0.15, 0.2) is 0 Å². The van der Waals surface area contributed by atoms with Crippen LogP contribution in [0.2, 0.25) is 0 Å². The van der Waals surface area contributed by atoms with E-state index in [-0.39, 0.29) is 0 Å². The van der Waals surface area contributed by atoms with Crippen LogP contribution >= 0.6 is 0 Å². The molecule has 1 atom stereocenters. The molecule has 0 radical (unpaired) electrons. The van der Waals surface area contributed by atoms with Gasteiger partial charge in [0.2, 0.25) is 0 Å². The number of fused-ring (bicyclic) bond motifs is 1. The minimum atomic E-state index is -0.998. The van der Waals surface area contributed by atoms with E-state index in [2.05, 4.69) is 4.98 Å². The van der Waals surface area contributed by atoms with Gasteiger partial charge < -0.3 is 20.6 Å². The SMILES string of the molecule is N[C@H](Cc1c[nH]c2cc(OCc3ccccc3)ccc12)C(=O)O. The Morgan fingerprint density at radius 2 is 2.00 bits per heavy atom. The maximum absolute atomic E-state index is 10.9. The molecule has 0 bridgehead atoms. The van der Waals surface area contributed by atoms with E-state index >= 15 is 0 Å². The number of aromatic amines is 1. The molecule has 3 aromatic rings. The summed E-state index contributed by atoms with van der Waals surface area (Å²) in [7, 11) is 0. The summed E-state index contributed by atoms with van der Waals surface area (Å²) >= 11 is 0. The Labute approximate surface area is 133 Å². The standard InChI is InChI=1S/C18H18N2O3/c19-16(18(21)22)8-13-10-20-17-9-14(6-7-15(13)17)23-11-12-4-2-1-3-5-12/h1-7,9-10,16,20H,8,11,19H2,(H,21,22)/t16-/m1/s1.